The van der Waals surface area contributed by atoms with Gasteiger partial charge in [-0.2, -0.15) is 0 Å². The van der Waals surface area contributed by atoms with Gasteiger partial charge in [-0.1, -0.05) is 116 Å². The Bertz CT molecular complexity index is 2600. The molecule has 18 nitrogen and oxygen atoms in total. The van der Waals surface area contributed by atoms with Gasteiger partial charge < -0.3 is 39.4 Å². The number of nitrogens with zero attached hydrogens (tertiary/aromatic N) is 1. The van der Waals surface area contributed by atoms with E-state index in [2.05, 4.69) is 15.5 Å². The van der Waals surface area contributed by atoms with Gasteiger partial charge in [-0.05, 0) is 152 Å². The van der Waals surface area contributed by atoms with Crippen molar-refractivity contribution < 1.29 is 64.9 Å². The molecule has 7 rings (SSSR count). The van der Waals surface area contributed by atoms with Crippen LogP contribution in [0.5, 0.6) is 11.5 Å². The highest BCUT2D eigenvalue weighted by molar-refractivity contribution is 7.89. The van der Waals surface area contributed by atoms with Gasteiger partial charge in [-0.3, -0.25) is 9.68 Å². The van der Waals surface area contributed by atoms with Crippen LogP contribution < -0.4 is 25.0 Å². The number of nitrogens with one attached hydrogen (secondary N) is 3. The van der Waals surface area contributed by atoms with Crippen molar-refractivity contribution in [2.75, 3.05) is 40.6 Å². The van der Waals surface area contributed by atoms with Crippen molar-refractivity contribution in [3.8, 4) is 11.5 Å². The summed E-state index contributed by atoms with van der Waals surface area (Å²) in [5.74, 6) is 1.84. The Morgan fingerprint density at radius 2 is 1.08 bits per heavy atom. The summed E-state index contributed by atoms with van der Waals surface area (Å²) in [4.78, 5) is 37.9. The summed E-state index contributed by atoms with van der Waals surface area (Å²) in [6.45, 7) is 11.8. The molecule has 440 valence electrons. The number of rotatable bonds is 22. The molecule has 79 heavy (non-hydrogen) atoms. The zero-order valence-electron chi connectivity index (χ0n) is 46.7. The molecule has 1 aliphatic heterocycles. The fourth-order valence-corrected chi connectivity index (χ4v) is 10.9. The highest BCUT2D eigenvalue weighted by atomic mass is 32.2. The Hall–Kier alpha value is -5.32. The maximum absolute atomic E-state index is 13.7. The summed E-state index contributed by atoms with van der Waals surface area (Å²) in [7, 11) is -4.71. The van der Waals surface area contributed by atoms with Crippen LogP contribution >= 0.6 is 0 Å². The Morgan fingerprint density at radius 1 is 0.633 bits per heavy atom. The molecular formula is C59H88N4O14S2. The number of aliphatic hydroxyl groups is 1. The van der Waals surface area contributed by atoms with Crippen molar-refractivity contribution in [2.45, 2.75) is 171 Å². The third-order valence-corrected chi connectivity index (χ3v) is 15.9. The van der Waals surface area contributed by atoms with Crippen LogP contribution in [0.4, 0.5) is 9.59 Å². The lowest BCUT2D eigenvalue weighted by Gasteiger charge is -2.31. The molecule has 3 fully saturated rings. The molecule has 2 amide bonds. The minimum atomic E-state index is -4.13. The van der Waals surface area contributed by atoms with E-state index in [-0.39, 0.29) is 60.9 Å². The zero-order chi connectivity index (χ0) is 56.8. The molecule has 0 radical (unpaired) electrons. The second-order valence-corrected chi connectivity index (χ2v) is 25.3. The second-order valence-electron chi connectivity index (χ2n) is 21.9. The number of hydroxylamine groups is 1. The maximum Gasteiger partial charge on any atom is 0.407 e. The number of hydrogen-bond donors (Lipinski definition) is 4. The number of methoxy groups -OCH3 is 2. The van der Waals surface area contributed by atoms with Crippen LogP contribution in [0.15, 0.2) is 119 Å². The topological polar surface area (TPSA) is 230 Å². The number of carbonyl (C=O) groups excluding carboxylic acids is 2. The van der Waals surface area contributed by atoms with Gasteiger partial charge in [0, 0.05) is 0 Å². The molecule has 4 aromatic carbocycles. The Balaban J connectivity index is 0.000000281. The molecule has 1 heterocycles. The molecule has 1 saturated heterocycles. The Labute approximate surface area is 470 Å². The van der Waals surface area contributed by atoms with Gasteiger partial charge in [0.1, 0.15) is 28.8 Å². The van der Waals surface area contributed by atoms with Crippen LogP contribution in [-0.2, 0) is 56.8 Å². The largest absolute Gasteiger partial charge is 0.497 e. The van der Waals surface area contributed by atoms with E-state index in [9.17, 15) is 31.5 Å². The molecule has 0 bridgehead atoms. The van der Waals surface area contributed by atoms with E-state index in [1.165, 1.54) is 69.7 Å². The number of amides is 2. The SMILES string of the molecule is C.CC(C)(C)OC(=O)N[C@@H](Cc1ccccc1)C1CO1.COc1ccc(S(=O)(=O)N(C[C@@H](O)[C@H](Cc2ccccc2)NC(=O)OC(C)(C)C)OCC2CCCCC2)cc1.COc1ccc(S(=O)(=O)NOCC2CCCCC2)cc1. The Kier molecular flexibility index (Phi) is 27.0. The van der Waals surface area contributed by atoms with Gasteiger partial charge >= 0.3 is 12.2 Å². The number of hydrogen-bond acceptors (Lipinski definition) is 14. The van der Waals surface area contributed by atoms with Crippen LogP contribution in [-0.4, -0.2) is 115 Å². The summed E-state index contributed by atoms with van der Waals surface area (Å²) >= 11 is 0. The fourth-order valence-electron chi connectivity index (χ4n) is 8.79. The van der Waals surface area contributed by atoms with Crippen molar-refractivity contribution in [3.05, 3.63) is 120 Å². The van der Waals surface area contributed by atoms with Crippen LogP contribution in [0.25, 0.3) is 0 Å². The molecule has 0 spiro atoms. The Morgan fingerprint density at radius 3 is 1.53 bits per heavy atom. The summed E-state index contributed by atoms with van der Waals surface area (Å²) in [6, 6.07) is 30.7. The molecule has 1 unspecified atom stereocenters. The van der Waals surface area contributed by atoms with E-state index in [1.807, 2.05) is 81.4 Å². The molecule has 20 heteroatoms. The lowest BCUT2D eigenvalue weighted by Crippen LogP contribution is -2.51. The average molecular weight is 1140 g/mol. The number of carbonyl (C=O) groups is 2. The van der Waals surface area contributed by atoms with Gasteiger partial charge in [0.05, 0.1) is 68.6 Å². The van der Waals surface area contributed by atoms with E-state index in [1.54, 1.807) is 45.0 Å². The van der Waals surface area contributed by atoms with E-state index < -0.39 is 49.5 Å². The molecule has 4 atom stereocenters. The number of aliphatic hydroxyl groups excluding tert-OH is 1. The minimum Gasteiger partial charge on any atom is -0.497 e. The fraction of sp³-hybridized carbons (Fsp3) is 0.559. The number of alkyl carbamates (subject to hydrolysis) is 2. The van der Waals surface area contributed by atoms with Crippen molar-refractivity contribution in [1.82, 2.24) is 20.0 Å². The van der Waals surface area contributed by atoms with Crippen LogP contribution in [0.2, 0.25) is 0 Å². The van der Waals surface area contributed by atoms with Crippen LogP contribution in [0.1, 0.15) is 124 Å². The highest BCUT2D eigenvalue weighted by Gasteiger charge is 2.36. The molecule has 3 aliphatic rings. The van der Waals surface area contributed by atoms with Crippen LogP contribution in [0.3, 0.4) is 0 Å². The number of benzene rings is 4. The predicted octanol–water partition coefficient (Wildman–Crippen LogP) is 10.3. The predicted molar refractivity (Wildman–Crippen MR) is 304 cm³/mol. The van der Waals surface area contributed by atoms with Crippen molar-refractivity contribution >= 4 is 32.2 Å². The monoisotopic (exact) mass is 1140 g/mol. The highest BCUT2D eigenvalue weighted by Crippen LogP contribution is 2.28. The van der Waals surface area contributed by atoms with Gasteiger partial charge in [0.25, 0.3) is 20.0 Å². The van der Waals surface area contributed by atoms with Gasteiger partial charge in [0.15, 0.2) is 0 Å². The summed E-state index contributed by atoms with van der Waals surface area (Å²) < 4.78 is 78.3. The first-order valence-corrected chi connectivity index (χ1v) is 29.9. The average Bonchev–Trinajstić information content (AvgIpc) is 4.27. The smallest absolute Gasteiger partial charge is 0.407 e. The van der Waals surface area contributed by atoms with Crippen molar-refractivity contribution in [2.24, 2.45) is 11.8 Å². The first kappa shape index (κ1) is 66.2. The summed E-state index contributed by atoms with van der Waals surface area (Å²) in [6.07, 6.45) is 9.93. The molecular weight excluding hydrogens is 1050 g/mol. The maximum atomic E-state index is 13.7. The lowest BCUT2D eigenvalue weighted by atomic mass is 9.90. The first-order valence-electron chi connectivity index (χ1n) is 27.0. The normalized spacial score (nSPS) is 17.2. The third-order valence-electron chi connectivity index (χ3n) is 13.0. The molecule has 0 aromatic heterocycles. The molecule has 2 aliphatic carbocycles. The van der Waals surface area contributed by atoms with E-state index in [4.69, 9.17) is 33.4 Å². The van der Waals surface area contributed by atoms with Crippen molar-refractivity contribution in [1.29, 1.82) is 0 Å². The number of ether oxygens (including phenoxy) is 5. The van der Waals surface area contributed by atoms with Gasteiger partial charge in [0.2, 0.25) is 0 Å². The first-order chi connectivity index (χ1) is 37.0. The quantitative estimate of drug-likeness (QED) is 0.0424. The zero-order valence-corrected chi connectivity index (χ0v) is 48.3. The minimum absolute atomic E-state index is 0. The standard InChI is InChI=1S/C29H42N2O7S.C15H21NO3.C14H21NO4S.CH4/c1-29(2,3)38-28(33)30-26(19-22-11-7-5-8-12-22)27(32)20-31(37-21-23-13-9-6-10-14-23)39(34,35)25-17-15-24(36-4)16-18-25;1-15(2,3)19-14(17)16-12(13-10-18-13)9-11-7-5-4-6-8-11;1-18-13-7-9-14(10-8-13)20(16,17)15-19-11-12-5-3-2-4-6-12;/h5,7-8,11-12,15-18,23,26-27,32H,6,9-10,13-14,19-21H2,1-4H3,(H,30,33);4-8,12-13H,9-10H2,1-3H3,(H,16,17);7-10,12,15H,2-6,11H2,1H3;1H4/t26-,27+;12-,13?;;/m00../s1. The molecule has 2 saturated carbocycles. The summed E-state index contributed by atoms with van der Waals surface area (Å²) in [5.41, 5.74) is 0.828. The van der Waals surface area contributed by atoms with E-state index in [0.717, 1.165) is 55.0 Å². The third kappa shape index (κ3) is 24.5. The van der Waals surface area contributed by atoms with Gasteiger partial charge in [-0.25, -0.2) is 26.4 Å². The van der Waals surface area contributed by atoms with E-state index >= 15 is 0 Å². The van der Waals surface area contributed by atoms with E-state index in [0.29, 0.717) is 30.6 Å². The van der Waals surface area contributed by atoms with Gasteiger partial charge in [-0.15, -0.1) is 0 Å². The van der Waals surface area contributed by atoms with Crippen LogP contribution in [0, 0.1) is 11.8 Å². The number of epoxide rings is 1. The lowest BCUT2D eigenvalue weighted by molar-refractivity contribution is -0.121. The van der Waals surface area contributed by atoms with Crippen molar-refractivity contribution in [3.63, 3.8) is 0 Å². The molecule has 4 aromatic rings. The number of sulfonamides is 2. The summed E-state index contributed by atoms with van der Waals surface area (Å²) in [5, 5.41) is 17.0. The second kappa shape index (κ2) is 32.2. The molecule has 4 N–H and O–H groups in total.